The van der Waals surface area contributed by atoms with Crippen molar-refractivity contribution in [2.24, 2.45) is 5.18 Å². The van der Waals surface area contributed by atoms with Gasteiger partial charge >= 0.3 is 0 Å². The highest BCUT2D eigenvalue weighted by atomic mass is 35.5. The number of nitrogens with zero attached hydrogens (tertiary/aromatic N) is 1. The van der Waals surface area contributed by atoms with Crippen molar-refractivity contribution in [3.63, 3.8) is 0 Å². The van der Waals surface area contributed by atoms with Crippen molar-refractivity contribution in [3.8, 4) is 0 Å². The summed E-state index contributed by atoms with van der Waals surface area (Å²) in [5.74, 6) is -0.343. The van der Waals surface area contributed by atoms with Crippen LogP contribution in [0.15, 0.2) is 65.8 Å². The maximum atomic E-state index is 12.2. The molecule has 0 saturated carbocycles. The summed E-state index contributed by atoms with van der Waals surface area (Å²) in [5.41, 5.74) is 1.46. The number of amides is 1. The highest BCUT2D eigenvalue weighted by Crippen LogP contribution is 2.30. The zero-order chi connectivity index (χ0) is 17.8. The van der Waals surface area contributed by atoms with Crippen molar-refractivity contribution in [2.75, 3.05) is 5.32 Å². The predicted molar refractivity (Wildman–Crippen MR) is 105 cm³/mol. The lowest BCUT2D eigenvalue weighted by Gasteiger charge is -2.12. The van der Waals surface area contributed by atoms with Crippen molar-refractivity contribution in [3.05, 3.63) is 76.2 Å². The van der Waals surface area contributed by atoms with Gasteiger partial charge < -0.3 is 5.32 Å². The zero-order valence-electron chi connectivity index (χ0n) is 12.8. The van der Waals surface area contributed by atoms with E-state index in [0.29, 0.717) is 27.3 Å². The molecule has 0 spiro atoms. The van der Waals surface area contributed by atoms with Crippen LogP contribution in [0.1, 0.15) is 10.4 Å². The average Bonchev–Trinajstić information content (AvgIpc) is 2.62. The van der Waals surface area contributed by atoms with E-state index in [1.54, 1.807) is 54.6 Å². The van der Waals surface area contributed by atoms with Gasteiger partial charge in [0.05, 0.1) is 0 Å². The predicted octanol–water partition coefficient (Wildman–Crippen LogP) is 5.02. The fraction of sp³-hybridized carbons (Fsp3) is 0. The van der Waals surface area contributed by atoms with Crippen molar-refractivity contribution < 1.29 is 4.79 Å². The lowest BCUT2D eigenvalue weighted by atomic mass is 10.1. The molecule has 124 valence electrons. The number of carbonyl (C=O) groups excluding carboxylic acids is 1. The van der Waals surface area contributed by atoms with E-state index in [2.05, 4.69) is 15.8 Å². The molecule has 1 amide bonds. The Hall–Kier alpha value is -2.83. The molecule has 0 bridgehead atoms. The van der Waals surface area contributed by atoms with Crippen LogP contribution in [0, 0.1) is 4.91 Å². The number of fused-ring (bicyclic) bond motifs is 1. The second-order valence-corrected chi connectivity index (χ2v) is 6.03. The molecule has 3 aromatic rings. The first kappa shape index (κ1) is 17.0. The van der Waals surface area contributed by atoms with Crippen molar-refractivity contribution >= 4 is 57.0 Å². The van der Waals surface area contributed by atoms with Crippen LogP contribution in [0.5, 0.6) is 0 Å². The molecule has 0 saturated heterocycles. The Balaban J connectivity index is 1.79. The van der Waals surface area contributed by atoms with Gasteiger partial charge in [-0.3, -0.25) is 10.1 Å². The summed E-state index contributed by atoms with van der Waals surface area (Å²) in [6.45, 7) is 0. The third-order valence-electron chi connectivity index (χ3n) is 3.58. The molecule has 0 aliphatic rings. The fourth-order valence-corrected chi connectivity index (χ4v) is 2.74. The van der Waals surface area contributed by atoms with Gasteiger partial charge in [-0.1, -0.05) is 35.9 Å². The molecule has 0 radical (unpaired) electrons. The minimum atomic E-state index is -0.343. The summed E-state index contributed by atoms with van der Waals surface area (Å²) in [4.78, 5) is 23.1. The minimum absolute atomic E-state index is 0.150. The Labute approximate surface area is 154 Å². The monoisotopic (exact) mass is 369 g/mol. The Morgan fingerprint density at radius 1 is 0.960 bits per heavy atom. The quantitative estimate of drug-likeness (QED) is 0.502. The summed E-state index contributed by atoms with van der Waals surface area (Å²) < 4.78 is 0. The van der Waals surface area contributed by atoms with E-state index in [1.165, 1.54) is 0 Å². The number of benzene rings is 3. The van der Waals surface area contributed by atoms with Crippen LogP contribution >= 0.6 is 23.8 Å². The van der Waals surface area contributed by atoms with Crippen LogP contribution in [0.3, 0.4) is 0 Å². The molecule has 25 heavy (non-hydrogen) atoms. The number of carbonyl (C=O) groups is 1. The van der Waals surface area contributed by atoms with E-state index in [1.807, 2.05) is 6.07 Å². The lowest BCUT2D eigenvalue weighted by Crippen LogP contribution is -2.34. The Morgan fingerprint density at radius 2 is 1.64 bits per heavy atom. The molecule has 7 heteroatoms. The second kappa shape index (κ2) is 7.38. The summed E-state index contributed by atoms with van der Waals surface area (Å²) >= 11 is 11.0. The molecular formula is C18H12ClN3O2S. The van der Waals surface area contributed by atoms with Gasteiger partial charge in [-0.15, -0.1) is 4.91 Å². The summed E-state index contributed by atoms with van der Waals surface area (Å²) in [7, 11) is 0. The molecule has 0 unspecified atom stereocenters. The smallest absolute Gasteiger partial charge is 0.257 e. The topological polar surface area (TPSA) is 70.6 Å². The highest BCUT2D eigenvalue weighted by molar-refractivity contribution is 7.80. The largest absolute Gasteiger partial charge is 0.332 e. The molecule has 2 N–H and O–H groups in total. The summed E-state index contributed by atoms with van der Waals surface area (Å²) in [6.07, 6.45) is 0. The maximum Gasteiger partial charge on any atom is 0.257 e. The third-order valence-corrected chi connectivity index (χ3v) is 4.04. The molecule has 0 aromatic heterocycles. The van der Waals surface area contributed by atoms with Crippen molar-refractivity contribution in [1.82, 2.24) is 5.32 Å². The number of halogens is 1. The normalized spacial score (nSPS) is 10.3. The van der Waals surface area contributed by atoms with E-state index >= 15 is 0 Å². The van der Waals surface area contributed by atoms with Gasteiger partial charge in [0.15, 0.2) is 5.11 Å². The number of rotatable bonds is 3. The molecule has 0 aliphatic carbocycles. The van der Waals surface area contributed by atoms with Gasteiger partial charge in [-0.2, -0.15) is 0 Å². The lowest BCUT2D eigenvalue weighted by molar-refractivity contribution is 0.0978. The first-order valence-electron chi connectivity index (χ1n) is 7.31. The fourth-order valence-electron chi connectivity index (χ4n) is 2.41. The van der Waals surface area contributed by atoms with Gasteiger partial charge in [0, 0.05) is 27.0 Å². The maximum absolute atomic E-state index is 12.2. The Bertz CT molecular complexity index is 974. The van der Waals surface area contributed by atoms with Crippen LogP contribution < -0.4 is 10.6 Å². The highest BCUT2D eigenvalue weighted by Gasteiger charge is 2.10. The number of nitroso groups, excluding NO2 is 1. The molecule has 3 rings (SSSR count). The molecule has 5 nitrogen and oxygen atoms in total. The van der Waals surface area contributed by atoms with E-state index in [-0.39, 0.29) is 11.0 Å². The number of nitrogens with one attached hydrogen (secondary N) is 2. The van der Waals surface area contributed by atoms with E-state index in [0.717, 1.165) is 5.39 Å². The van der Waals surface area contributed by atoms with Gasteiger partial charge in [-0.25, -0.2) is 0 Å². The molecule has 3 aromatic carbocycles. The molecular weight excluding hydrogens is 358 g/mol. The standard InChI is InChI=1S/C18H12ClN3O2S/c19-12-9-7-11(8-10-12)17(23)21-18(25)20-15-5-1-4-14-13(15)3-2-6-16(14)22-24/h1-10H,(H2,20,21,23,25). The SMILES string of the molecule is O=Nc1cccc2c(NC(=S)NC(=O)c3ccc(Cl)cc3)cccc12. The first-order valence-corrected chi connectivity index (χ1v) is 8.10. The van der Waals surface area contributed by atoms with Crippen molar-refractivity contribution in [1.29, 1.82) is 0 Å². The van der Waals surface area contributed by atoms with Crippen LogP contribution in [-0.4, -0.2) is 11.0 Å². The third kappa shape index (κ3) is 3.81. The Kier molecular flexibility index (Phi) is 5.02. The average molecular weight is 370 g/mol. The van der Waals surface area contributed by atoms with E-state index in [4.69, 9.17) is 23.8 Å². The number of thiocarbonyl (C=S) groups is 1. The number of hydrogen-bond donors (Lipinski definition) is 2. The second-order valence-electron chi connectivity index (χ2n) is 5.18. The van der Waals surface area contributed by atoms with Crippen LogP contribution in [0.2, 0.25) is 5.02 Å². The van der Waals surface area contributed by atoms with Crippen LogP contribution in [0.25, 0.3) is 10.8 Å². The molecule has 0 atom stereocenters. The van der Waals surface area contributed by atoms with E-state index < -0.39 is 0 Å². The van der Waals surface area contributed by atoms with Crippen LogP contribution in [0.4, 0.5) is 11.4 Å². The van der Waals surface area contributed by atoms with Gasteiger partial charge in [0.25, 0.3) is 5.91 Å². The summed E-state index contributed by atoms with van der Waals surface area (Å²) in [5, 5.41) is 10.8. The zero-order valence-corrected chi connectivity index (χ0v) is 14.4. The van der Waals surface area contributed by atoms with Crippen LogP contribution in [-0.2, 0) is 0 Å². The number of hydrogen-bond acceptors (Lipinski definition) is 4. The Morgan fingerprint density at radius 3 is 2.36 bits per heavy atom. The summed E-state index contributed by atoms with van der Waals surface area (Å²) in [6, 6.07) is 17.1. The van der Waals surface area contributed by atoms with E-state index in [9.17, 15) is 9.70 Å². The first-order chi connectivity index (χ1) is 12.1. The molecule has 0 heterocycles. The van der Waals surface area contributed by atoms with Gasteiger partial charge in [0.2, 0.25) is 0 Å². The minimum Gasteiger partial charge on any atom is -0.332 e. The van der Waals surface area contributed by atoms with Crippen molar-refractivity contribution in [2.45, 2.75) is 0 Å². The van der Waals surface area contributed by atoms with Gasteiger partial charge in [0.1, 0.15) is 5.69 Å². The molecule has 0 aliphatic heterocycles. The number of anilines is 1. The van der Waals surface area contributed by atoms with Gasteiger partial charge in [-0.05, 0) is 53.8 Å². The molecule has 0 fully saturated rings.